The number of aliphatic hydroxyl groups excluding tert-OH is 1. The number of nitrogens with zero attached hydrogens (tertiary/aromatic N) is 2. The first-order valence-corrected chi connectivity index (χ1v) is 14.6. The number of aliphatic hydroxyl groups is 1. The van der Waals surface area contributed by atoms with Gasteiger partial charge in [-0.05, 0) is 42.6 Å². The van der Waals surface area contributed by atoms with Gasteiger partial charge in [-0.2, -0.15) is 0 Å². The third-order valence-electron chi connectivity index (χ3n) is 7.80. The largest absolute Gasteiger partial charge is 0.485 e. The van der Waals surface area contributed by atoms with Crippen molar-refractivity contribution >= 4 is 45.8 Å². The molecule has 0 fully saturated rings. The smallest absolute Gasteiger partial charge is 0.323 e. The first kappa shape index (κ1) is 30.4. The number of carbonyl (C=O) groups is 3. The van der Waals surface area contributed by atoms with Crippen LogP contribution in [0.4, 0.5) is 26.7 Å². The van der Waals surface area contributed by atoms with Gasteiger partial charge in [-0.1, -0.05) is 67.6 Å². The van der Waals surface area contributed by atoms with Crippen molar-refractivity contribution < 1.29 is 24.2 Å². The normalized spacial score (nSPS) is 17.0. The van der Waals surface area contributed by atoms with Gasteiger partial charge in [0.1, 0.15) is 6.10 Å². The molecular weight excluding hydrogens is 558 g/mol. The molecule has 4 aromatic carbocycles. The fourth-order valence-corrected chi connectivity index (χ4v) is 5.26. The molecule has 1 aliphatic heterocycles. The fourth-order valence-electron chi connectivity index (χ4n) is 5.26. The molecule has 1 aliphatic rings. The summed E-state index contributed by atoms with van der Waals surface area (Å²) in [6.07, 6.45) is -0.557. The number of amides is 5. The van der Waals surface area contributed by atoms with Crippen LogP contribution < -0.4 is 20.7 Å². The summed E-state index contributed by atoms with van der Waals surface area (Å²) < 4.78 is 6.53. The van der Waals surface area contributed by atoms with E-state index in [9.17, 15) is 19.5 Å². The molecule has 0 bridgehead atoms. The molecule has 44 heavy (non-hydrogen) atoms. The Balaban J connectivity index is 1.41. The highest BCUT2D eigenvalue weighted by molar-refractivity contribution is 6.04. The van der Waals surface area contributed by atoms with Crippen LogP contribution in [0, 0.1) is 5.92 Å². The molecule has 0 saturated heterocycles. The Labute approximate surface area is 256 Å². The average molecular weight is 596 g/mol. The van der Waals surface area contributed by atoms with E-state index >= 15 is 0 Å². The third kappa shape index (κ3) is 6.76. The summed E-state index contributed by atoms with van der Waals surface area (Å²) in [5, 5.41) is 20.5. The van der Waals surface area contributed by atoms with Crippen LogP contribution in [-0.2, 0) is 0 Å². The first-order chi connectivity index (χ1) is 21.2. The number of rotatable bonds is 7. The van der Waals surface area contributed by atoms with Gasteiger partial charge in [0.2, 0.25) is 0 Å². The lowest BCUT2D eigenvalue weighted by atomic mass is 9.99. The van der Waals surface area contributed by atoms with Crippen LogP contribution in [0.3, 0.4) is 0 Å². The van der Waals surface area contributed by atoms with Crippen LogP contribution >= 0.6 is 0 Å². The number of anilines is 3. The number of urea groups is 2. The van der Waals surface area contributed by atoms with Crippen molar-refractivity contribution in [1.29, 1.82) is 0 Å². The van der Waals surface area contributed by atoms with E-state index in [1.165, 1.54) is 0 Å². The number of carbonyl (C=O) groups excluding carboxylic acids is 3. The van der Waals surface area contributed by atoms with Gasteiger partial charge in [-0.15, -0.1) is 0 Å². The molecule has 0 radical (unpaired) electrons. The molecule has 0 aliphatic carbocycles. The minimum atomic E-state index is -0.557. The highest BCUT2D eigenvalue weighted by Gasteiger charge is 2.35. The van der Waals surface area contributed by atoms with Crippen LogP contribution in [-0.4, -0.2) is 71.8 Å². The molecule has 5 amide bonds. The summed E-state index contributed by atoms with van der Waals surface area (Å²) in [5.41, 5.74) is 1.86. The molecule has 4 aromatic rings. The second-order valence-electron chi connectivity index (χ2n) is 11.1. The predicted octanol–water partition coefficient (Wildman–Crippen LogP) is 5.87. The van der Waals surface area contributed by atoms with Gasteiger partial charge in [0.25, 0.3) is 5.91 Å². The number of ether oxygens (including phenoxy) is 1. The van der Waals surface area contributed by atoms with Crippen molar-refractivity contribution in [3.05, 3.63) is 96.6 Å². The van der Waals surface area contributed by atoms with Crippen LogP contribution in [0.15, 0.2) is 91.0 Å². The number of fused-ring (bicyclic) bond motifs is 2. The van der Waals surface area contributed by atoms with Gasteiger partial charge in [-0.3, -0.25) is 4.79 Å². The van der Waals surface area contributed by atoms with Gasteiger partial charge >= 0.3 is 12.1 Å². The molecule has 0 saturated carbocycles. The van der Waals surface area contributed by atoms with E-state index in [1.807, 2.05) is 67.6 Å². The van der Waals surface area contributed by atoms with Crippen molar-refractivity contribution in [1.82, 2.24) is 9.80 Å². The summed E-state index contributed by atoms with van der Waals surface area (Å²) in [4.78, 5) is 43.2. The summed E-state index contributed by atoms with van der Waals surface area (Å²) >= 11 is 0. The topological polar surface area (TPSA) is 123 Å². The molecule has 10 heteroatoms. The van der Waals surface area contributed by atoms with Crippen molar-refractivity contribution in [2.45, 2.75) is 26.0 Å². The van der Waals surface area contributed by atoms with Crippen LogP contribution in [0.1, 0.15) is 24.2 Å². The zero-order valence-electron chi connectivity index (χ0n) is 25.0. The first-order valence-electron chi connectivity index (χ1n) is 14.6. The van der Waals surface area contributed by atoms with Gasteiger partial charge in [0, 0.05) is 30.6 Å². The van der Waals surface area contributed by atoms with Crippen molar-refractivity contribution in [2.75, 3.05) is 42.7 Å². The number of benzene rings is 4. The van der Waals surface area contributed by atoms with Crippen molar-refractivity contribution in [2.24, 2.45) is 5.92 Å². The Morgan fingerprint density at radius 1 is 0.932 bits per heavy atom. The van der Waals surface area contributed by atoms with Crippen LogP contribution in [0.25, 0.3) is 10.8 Å². The fraction of sp³-hybridized carbons (Fsp3) is 0.265. The Kier molecular flexibility index (Phi) is 9.30. The van der Waals surface area contributed by atoms with Crippen LogP contribution in [0.5, 0.6) is 5.75 Å². The highest BCUT2D eigenvalue weighted by atomic mass is 16.5. The Morgan fingerprint density at radius 3 is 2.39 bits per heavy atom. The lowest BCUT2D eigenvalue weighted by Crippen LogP contribution is -2.50. The Morgan fingerprint density at radius 2 is 1.61 bits per heavy atom. The molecule has 5 rings (SSSR count). The van der Waals surface area contributed by atoms with Crippen molar-refractivity contribution in [3.8, 4) is 5.75 Å². The standard InChI is InChI=1S/C34H37N5O5/c1-22-19-39(23(2)21-40)32(41)27-16-10-18-29(36-33(42)35-25-13-5-4-6-14-25)31(27)44-30(22)20-38(3)34(43)37-28-17-9-12-24-11-7-8-15-26(24)28/h4-18,22-23,30,40H,19-21H2,1-3H3,(H,37,43)(H2,35,36,42)/t22-,23+,30-/m0/s1. The molecule has 10 nitrogen and oxygen atoms in total. The third-order valence-corrected chi connectivity index (χ3v) is 7.80. The second kappa shape index (κ2) is 13.5. The SMILES string of the molecule is C[C@H](CO)N1C[C@H](C)[C@H](CN(C)C(=O)Nc2cccc3ccccc23)Oc2c(NC(=O)Nc3ccccc3)cccc2C1=O. The van der Waals surface area contributed by atoms with Gasteiger partial charge in [-0.25, -0.2) is 9.59 Å². The molecule has 0 aromatic heterocycles. The highest BCUT2D eigenvalue weighted by Crippen LogP contribution is 2.35. The molecule has 3 atom stereocenters. The number of hydrogen-bond acceptors (Lipinski definition) is 5. The monoisotopic (exact) mass is 595 g/mol. The van der Waals surface area contributed by atoms with E-state index < -0.39 is 18.2 Å². The zero-order chi connectivity index (χ0) is 31.2. The van der Waals surface area contributed by atoms with E-state index in [0.29, 0.717) is 23.6 Å². The minimum Gasteiger partial charge on any atom is -0.485 e. The van der Waals surface area contributed by atoms with E-state index in [2.05, 4.69) is 16.0 Å². The maximum atomic E-state index is 13.7. The van der Waals surface area contributed by atoms with E-state index in [1.54, 1.807) is 54.1 Å². The molecule has 0 spiro atoms. The van der Waals surface area contributed by atoms with E-state index in [-0.39, 0.29) is 42.3 Å². The van der Waals surface area contributed by atoms with Gasteiger partial charge in [0.05, 0.1) is 36.1 Å². The summed E-state index contributed by atoms with van der Waals surface area (Å²) in [7, 11) is 1.69. The minimum absolute atomic E-state index is 0.192. The Hall–Kier alpha value is -5.09. The number of hydrogen-bond donors (Lipinski definition) is 4. The number of para-hydroxylation sites is 2. The molecule has 0 unspecified atom stereocenters. The Bertz CT molecular complexity index is 1640. The van der Waals surface area contributed by atoms with Crippen molar-refractivity contribution in [3.63, 3.8) is 0 Å². The summed E-state index contributed by atoms with van der Waals surface area (Å²) in [6, 6.07) is 26.3. The summed E-state index contributed by atoms with van der Waals surface area (Å²) in [5.74, 6) is -0.351. The zero-order valence-corrected chi connectivity index (χ0v) is 25.0. The summed E-state index contributed by atoms with van der Waals surface area (Å²) in [6.45, 7) is 3.99. The molecule has 4 N–H and O–H groups in total. The predicted molar refractivity (Wildman–Crippen MR) is 172 cm³/mol. The maximum absolute atomic E-state index is 13.7. The number of nitrogens with one attached hydrogen (secondary N) is 3. The van der Waals surface area contributed by atoms with E-state index in [0.717, 1.165) is 10.8 Å². The van der Waals surface area contributed by atoms with Gasteiger partial charge < -0.3 is 35.6 Å². The maximum Gasteiger partial charge on any atom is 0.323 e. The average Bonchev–Trinajstić information content (AvgIpc) is 3.03. The quantitative estimate of drug-likeness (QED) is 0.213. The molecule has 228 valence electrons. The van der Waals surface area contributed by atoms with Crippen LogP contribution in [0.2, 0.25) is 0 Å². The second-order valence-corrected chi connectivity index (χ2v) is 11.1. The lowest BCUT2D eigenvalue weighted by molar-refractivity contribution is 0.0373. The molecular formula is C34H37N5O5. The molecule has 1 heterocycles. The van der Waals surface area contributed by atoms with E-state index in [4.69, 9.17) is 4.74 Å². The number of likely N-dealkylation sites (N-methyl/N-ethyl adjacent to an activating group) is 1. The van der Waals surface area contributed by atoms with Gasteiger partial charge in [0.15, 0.2) is 5.75 Å². The lowest BCUT2D eigenvalue weighted by Gasteiger charge is -2.38.